The lowest BCUT2D eigenvalue weighted by Crippen LogP contribution is -2.61. The van der Waals surface area contributed by atoms with Crippen molar-refractivity contribution in [3.63, 3.8) is 0 Å². The molecule has 0 radical (unpaired) electrons. The number of aliphatic hydroxyl groups excluding tert-OH is 7. The molecule has 15 heteroatoms. The minimum Gasteiger partial charge on any atom is -0.462 e. The molecule has 0 bridgehead atoms. The fourth-order valence-electron chi connectivity index (χ4n) is 6.71. The number of aliphatic hydroxyl groups is 7. The summed E-state index contributed by atoms with van der Waals surface area (Å²) in [4.78, 5) is 24.1. The van der Waals surface area contributed by atoms with Crippen molar-refractivity contribution in [2.24, 2.45) is 0 Å². The summed E-state index contributed by atoms with van der Waals surface area (Å²) in [5.74, 6) is -1.11. The summed E-state index contributed by atoms with van der Waals surface area (Å²) in [5, 5.41) is 71.0. The van der Waals surface area contributed by atoms with E-state index in [0.29, 0.717) is 6.42 Å². The summed E-state index contributed by atoms with van der Waals surface area (Å²) in [6, 6.07) is 0. The van der Waals surface area contributed by atoms with Gasteiger partial charge in [-0.2, -0.15) is 0 Å². The van der Waals surface area contributed by atoms with E-state index in [0.717, 1.165) is 19.3 Å². The quantitative estimate of drug-likeness (QED) is 0.0411. The zero-order valence-corrected chi connectivity index (χ0v) is 32.7. The molecule has 0 spiro atoms. The number of ether oxygens (including phenoxy) is 6. The van der Waals surface area contributed by atoms with Crippen LogP contribution in [0.4, 0.5) is 0 Å². The minimum atomic E-state index is -1.75. The first-order valence-electron chi connectivity index (χ1n) is 20.6. The second kappa shape index (κ2) is 28.8. The van der Waals surface area contributed by atoms with Crippen molar-refractivity contribution in [2.45, 2.75) is 210 Å². The van der Waals surface area contributed by atoms with E-state index in [2.05, 4.69) is 6.92 Å². The molecule has 0 saturated carbocycles. The highest BCUT2D eigenvalue weighted by molar-refractivity contribution is 5.69. The number of unbranched alkanes of at least 4 members (excludes halogenated alkanes) is 18. The SMILES string of the molecule is CCCCCCCCCCCCCCCCCCCCCC(=O)OC(COC(C)=O)COC1OC(COC2OC(CO)C(O)C(O)C2O)C(O)C(O)C1O. The summed E-state index contributed by atoms with van der Waals surface area (Å²) < 4.78 is 32.4. The number of rotatable bonds is 30. The van der Waals surface area contributed by atoms with Crippen molar-refractivity contribution >= 4 is 11.9 Å². The molecule has 11 unspecified atom stereocenters. The maximum Gasteiger partial charge on any atom is 0.306 e. The Kier molecular flexibility index (Phi) is 26.0. The molecule has 0 aromatic carbocycles. The monoisotopic (exact) mass is 780 g/mol. The van der Waals surface area contributed by atoms with Crippen LogP contribution in [0.2, 0.25) is 0 Å². The number of hydrogen-bond acceptors (Lipinski definition) is 15. The van der Waals surface area contributed by atoms with E-state index < -0.39 is 92.7 Å². The van der Waals surface area contributed by atoms with Crippen LogP contribution in [0.3, 0.4) is 0 Å². The summed E-state index contributed by atoms with van der Waals surface area (Å²) in [6.07, 6.45) is 7.05. The van der Waals surface area contributed by atoms with Gasteiger partial charge in [0.05, 0.1) is 19.8 Å². The predicted molar refractivity (Wildman–Crippen MR) is 197 cm³/mol. The van der Waals surface area contributed by atoms with Crippen LogP contribution in [0.1, 0.15) is 142 Å². The van der Waals surface area contributed by atoms with Crippen LogP contribution >= 0.6 is 0 Å². The molecule has 2 aliphatic heterocycles. The lowest BCUT2D eigenvalue weighted by Gasteiger charge is -2.42. The van der Waals surface area contributed by atoms with Crippen molar-refractivity contribution in [3.8, 4) is 0 Å². The lowest BCUT2D eigenvalue weighted by molar-refractivity contribution is -0.332. The van der Waals surface area contributed by atoms with Gasteiger partial charge in [-0.25, -0.2) is 0 Å². The fraction of sp³-hybridized carbons (Fsp3) is 0.949. The Bertz CT molecular complexity index is 970. The molecule has 54 heavy (non-hydrogen) atoms. The molecule has 11 atom stereocenters. The molecular formula is C39H72O15. The van der Waals surface area contributed by atoms with Gasteiger partial charge in [-0.15, -0.1) is 0 Å². The van der Waals surface area contributed by atoms with Gasteiger partial charge in [0, 0.05) is 13.3 Å². The van der Waals surface area contributed by atoms with Crippen molar-refractivity contribution in [3.05, 3.63) is 0 Å². The van der Waals surface area contributed by atoms with Crippen LogP contribution in [-0.4, -0.2) is 142 Å². The Morgan fingerprint density at radius 2 is 0.981 bits per heavy atom. The van der Waals surface area contributed by atoms with Gasteiger partial charge in [0.25, 0.3) is 0 Å². The van der Waals surface area contributed by atoms with Gasteiger partial charge in [0.2, 0.25) is 0 Å². The van der Waals surface area contributed by atoms with Gasteiger partial charge in [0.1, 0.15) is 55.4 Å². The summed E-state index contributed by atoms with van der Waals surface area (Å²) >= 11 is 0. The lowest BCUT2D eigenvalue weighted by atomic mass is 9.98. The van der Waals surface area contributed by atoms with E-state index in [-0.39, 0.29) is 19.6 Å². The molecule has 0 amide bonds. The van der Waals surface area contributed by atoms with E-state index in [9.17, 15) is 45.3 Å². The molecule has 7 N–H and O–H groups in total. The molecule has 2 saturated heterocycles. The van der Waals surface area contributed by atoms with Crippen molar-refractivity contribution in [1.29, 1.82) is 0 Å². The van der Waals surface area contributed by atoms with E-state index in [1.807, 2.05) is 0 Å². The largest absolute Gasteiger partial charge is 0.462 e. The maximum absolute atomic E-state index is 12.6. The van der Waals surface area contributed by atoms with E-state index in [1.54, 1.807) is 0 Å². The second-order valence-corrected chi connectivity index (χ2v) is 14.9. The molecule has 0 aromatic heterocycles. The smallest absolute Gasteiger partial charge is 0.306 e. The second-order valence-electron chi connectivity index (χ2n) is 14.9. The molecule has 2 heterocycles. The molecule has 0 aliphatic carbocycles. The number of carbonyl (C=O) groups excluding carboxylic acids is 2. The Hall–Kier alpha value is -1.50. The molecule has 2 rings (SSSR count). The topological polar surface area (TPSA) is 231 Å². The Labute approximate surface area is 321 Å². The fourth-order valence-corrected chi connectivity index (χ4v) is 6.71. The average Bonchev–Trinajstić information content (AvgIpc) is 3.15. The highest BCUT2D eigenvalue weighted by Gasteiger charge is 2.47. The van der Waals surface area contributed by atoms with Crippen LogP contribution < -0.4 is 0 Å². The van der Waals surface area contributed by atoms with Gasteiger partial charge in [-0.3, -0.25) is 9.59 Å². The highest BCUT2D eigenvalue weighted by atomic mass is 16.7. The first-order chi connectivity index (χ1) is 26.0. The van der Waals surface area contributed by atoms with Gasteiger partial charge in [-0.1, -0.05) is 122 Å². The van der Waals surface area contributed by atoms with Gasteiger partial charge in [-0.05, 0) is 6.42 Å². The normalized spacial score (nSPS) is 29.2. The third-order valence-corrected chi connectivity index (χ3v) is 10.1. The average molecular weight is 781 g/mol. The molecule has 318 valence electrons. The molecule has 15 nitrogen and oxygen atoms in total. The van der Waals surface area contributed by atoms with Crippen LogP contribution in [-0.2, 0) is 38.0 Å². The Morgan fingerprint density at radius 1 is 0.556 bits per heavy atom. The van der Waals surface area contributed by atoms with E-state index in [1.165, 1.54) is 103 Å². The zero-order chi connectivity index (χ0) is 39.7. The zero-order valence-electron chi connectivity index (χ0n) is 32.7. The molecule has 2 aliphatic rings. The van der Waals surface area contributed by atoms with E-state index >= 15 is 0 Å². The van der Waals surface area contributed by atoms with Gasteiger partial charge in [0.15, 0.2) is 18.7 Å². The molecule has 2 fully saturated rings. The van der Waals surface area contributed by atoms with Crippen LogP contribution in [0, 0.1) is 0 Å². The predicted octanol–water partition coefficient (Wildman–Crippen LogP) is 2.92. The summed E-state index contributed by atoms with van der Waals surface area (Å²) in [7, 11) is 0. The third kappa shape index (κ3) is 19.1. The molecular weight excluding hydrogens is 708 g/mol. The number of hydrogen-bond donors (Lipinski definition) is 7. The van der Waals surface area contributed by atoms with E-state index in [4.69, 9.17) is 28.4 Å². The Balaban J connectivity index is 1.63. The van der Waals surface area contributed by atoms with Crippen molar-refractivity contribution < 1.29 is 73.8 Å². The number of esters is 2. The summed E-state index contributed by atoms with van der Waals surface area (Å²) in [6.45, 7) is 1.55. The minimum absolute atomic E-state index is 0.167. The third-order valence-electron chi connectivity index (χ3n) is 10.1. The standard InChI is InChI=1S/C39H72O15/c1-3-4-5-6-7-8-9-10-11-12-13-14-15-16-17-18-19-20-21-22-31(42)52-28(24-49-27(2)41)25-50-38-37(48)35(46)33(44)30(54-38)26-51-39-36(47)34(45)32(43)29(23-40)53-39/h28-30,32-40,43-48H,3-26H2,1-2H3. The van der Waals surface area contributed by atoms with Crippen molar-refractivity contribution in [2.75, 3.05) is 26.4 Å². The van der Waals surface area contributed by atoms with Crippen LogP contribution in [0.25, 0.3) is 0 Å². The van der Waals surface area contributed by atoms with Gasteiger partial charge < -0.3 is 64.2 Å². The van der Waals surface area contributed by atoms with Gasteiger partial charge >= 0.3 is 11.9 Å². The first-order valence-corrected chi connectivity index (χ1v) is 20.6. The first kappa shape index (κ1) is 48.6. The Morgan fingerprint density at radius 3 is 1.44 bits per heavy atom. The summed E-state index contributed by atoms with van der Waals surface area (Å²) in [5.41, 5.74) is 0. The highest BCUT2D eigenvalue weighted by Crippen LogP contribution is 2.26. The maximum atomic E-state index is 12.6. The van der Waals surface area contributed by atoms with Crippen molar-refractivity contribution in [1.82, 2.24) is 0 Å². The van der Waals surface area contributed by atoms with Crippen LogP contribution in [0.15, 0.2) is 0 Å². The van der Waals surface area contributed by atoms with Crippen LogP contribution in [0.5, 0.6) is 0 Å². The number of carbonyl (C=O) groups is 2. The molecule has 0 aromatic rings.